The summed E-state index contributed by atoms with van der Waals surface area (Å²) in [6, 6.07) is 19.7. The fourth-order valence-corrected chi connectivity index (χ4v) is 4.73. The Labute approximate surface area is 209 Å². The Morgan fingerprint density at radius 3 is 2.69 bits per heavy atom. The third-order valence-electron chi connectivity index (χ3n) is 6.69. The van der Waals surface area contributed by atoms with Gasteiger partial charge in [-0.15, -0.1) is 0 Å². The lowest BCUT2D eigenvalue weighted by molar-refractivity contribution is -0.127. The number of likely N-dealkylation sites (N-methyl/N-ethyl adjacent to an activating group) is 1. The first-order chi connectivity index (χ1) is 17.4. The minimum absolute atomic E-state index is 0.0276. The maximum absolute atomic E-state index is 13.6. The Morgan fingerprint density at radius 1 is 1.17 bits per heavy atom. The summed E-state index contributed by atoms with van der Waals surface area (Å²) >= 11 is 0. The summed E-state index contributed by atoms with van der Waals surface area (Å²) in [5, 5.41) is 23.4. The molecule has 0 radical (unpaired) electrons. The number of hydrogen-bond donors (Lipinski definition) is 2. The number of nitrogens with zero attached hydrogens (tertiary/aromatic N) is 3. The normalized spacial score (nSPS) is 16.6. The van der Waals surface area contributed by atoms with Crippen LogP contribution in [0.2, 0.25) is 0 Å². The van der Waals surface area contributed by atoms with Crippen molar-refractivity contribution >= 4 is 17.5 Å². The first-order valence-electron chi connectivity index (χ1n) is 11.8. The summed E-state index contributed by atoms with van der Waals surface area (Å²) in [7, 11) is 1.79. The van der Waals surface area contributed by atoms with E-state index < -0.39 is 0 Å². The molecule has 3 aromatic carbocycles. The summed E-state index contributed by atoms with van der Waals surface area (Å²) < 4.78 is 5.93. The van der Waals surface area contributed by atoms with Crippen LogP contribution in [0, 0.1) is 11.3 Å². The van der Waals surface area contributed by atoms with Crippen LogP contribution < -0.4 is 10.1 Å². The second kappa shape index (κ2) is 9.62. The van der Waals surface area contributed by atoms with Crippen molar-refractivity contribution in [1.82, 2.24) is 9.80 Å². The number of carbonyl (C=O) groups is 2. The molecule has 5 rings (SSSR count). The highest BCUT2D eigenvalue weighted by Gasteiger charge is 2.33. The number of carbonyl (C=O) groups excluding carboxylic acids is 2. The molecule has 0 spiro atoms. The Balaban J connectivity index is 1.39. The predicted molar refractivity (Wildman–Crippen MR) is 133 cm³/mol. The van der Waals surface area contributed by atoms with Crippen LogP contribution in [-0.4, -0.2) is 46.4 Å². The van der Waals surface area contributed by atoms with Crippen LogP contribution in [0.5, 0.6) is 11.5 Å². The molecule has 0 bridgehead atoms. The SMILES string of the molecule is CN1CC[C@H](Nc2cccc3c2CN(C(=O)c2c(O)cc(C#N)cc2OCc2ccccc2)C3)C1=O. The third kappa shape index (κ3) is 4.43. The molecular weight excluding hydrogens is 456 g/mol. The van der Waals surface area contributed by atoms with Crippen LogP contribution in [-0.2, 0) is 24.5 Å². The van der Waals surface area contributed by atoms with Gasteiger partial charge in [0, 0.05) is 32.4 Å². The number of benzene rings is 3. The van der Waals surface area contributed by atoms with Gasteiger partial charge in [0.05, 0.1) is 11.6 Å². The molecule has 3 aromatic rings. The monoisotopic (exact) mass is 482 g/mol. The summed E-state index contributed by atoms with van der Waals surface area (Å²) in [5.41, 5.74) is 3.89. The molecule has 1 fully saturated rings. The number of amides is 2. The van der Waals surface area contributed by atoms with Crippen LogP contribution in [0.15, 0.2) is 60.7 Å². The highest BCUT2D eigenvalue weighted by Crippen LogP contribution is 2.36. The van der Waals surface area contributed by atoms with E-state index in [4.69, 9.17) is 4.74 Å². The zero-order valence-electron chi connectivity index (χ0n) is 19.9. The van der Waals surface area contributed by atoms with Crippen LogP contribution in [0.3, 0.4) is 0 Å². The van der Waals surface area contributed by atoms with Crippen molar-refractivity contribution in [2.75, 3.05) is 18.9 Å². The molecule has 0 aliphatic carbocycles. The molecule has 8 nitrogen and oxygen atoms in total. The molecule has 2 aliphatic rings. The zero-order valence-corrected chi connectivity index (χ0v) is 19.9. The van der Waals surface area contributed by atoms with Gasteiger partial charge < -0.3 is 25.0 Å². The first-order valence-corrected chi connectivity index (χ1v) is 11.8. The van der Waals surface area contributed by atoms with Crippen LogP contribution in [0.4, 0.5) is 5.69 Å². The number of hydrogen-bond acceptors (Lipinski definition) is 6. The number of phenols is 1. The first kappa shape index (κ1) is 23.2. The van der Waals surface area contributed by atoms with Gasteiger partial charge in [0.1, 0.15) is 29.7 Å². The number of likely N-dealkylation sites (tertiary alicyclic amines) is 1. The van der Waals surface area contributed by atoms with E-state index in [1.54, 1.807) is 16.8 Å². The number of fused-ring (bicyclic) bond motifs is 1. The predicted octanol–water partition coefficient (Wildman–Crippen LogP) is 3.64. The van der Waals surface area contributed by atoms with Gasteiger partial charge in [0.15, 0.2) is 0 Å². The summed E-state index contributed by atoms with van der Waals surface area (Å²) in [4.78, 5) is 29.4. The van der Waals surface area contributed by atoms with Gasteiger partial charge in [0.2, 0.25) is 5.91 Å². The molecule has 2 heterocycles. The third-order valence-corrected chi connectivity index (χ3v) is 6.69. The van der Waals surface area contributed by atoms with Crippen molar-refractivity contribution in [1.29, 1.82) is 5.26 Å². The largest absolute Gasteiger partial charge is 0.507 e. The van der Waals surface area contributed by atoms with Gasteiger partial charge in [-0.25, -0.2) is 0 Å². The lowest BCUT2D eigenvalue weighted by Gasteiger charge is -2.20. The van der Waals surface area contributed by atoms with Gasteiger partial charge in [-0.05, 0) is 41.3 Å². The highest BCUT2D eigenvalue weighted by atomic mass is 16.5. The molecule has 0 aromatic heterocycles. The molecule has 36 heavy (non-hydrogen) atoms. The number of nitrogens with one attached hydrogen (secondary N) is 1. The number of anilines is 1. The molecule has 1 atom stereocenters. The molecule has 182 valence electrons. The van der Waals surface area contributed by atoms with E-state index >= 15 is 0 Å². The summed E-state index contributed by atoms with van der Waals surface area (Å²) in [6.45, 7) is 1.58. The Bertz CT molecular complexity index is 1370. The molecule has 2 amide bonds. The molecule has 8 heteroatoms. The fourth-order valence-electron chi connectivity index (χ4n) is 4.73. The highest BCUT2D eigenvalue weighted by molar-refractivity contribution is 6.00. The van der Waals surface area contributed by atoms with Crippen molar-refractivity contribution < 1.29 is 19.4 Å². The van der Waals surface area contributed by atoms with Crippen molar-refractivity contribution in [3.63, 3.8) is 0 Å². The maximum Gasteiger partial charge on any atom is 0.262 e. The average molecular weight is 483 g/mol. The molecule has 2 N–H and O–H groups in total. The smallest absolute Gasteiger partial charge is 0.262 e. The van der Waals surface area contributed by atoms with E-state index in [0.717, 1.165) is 28.8 Å². The lowest BCUT2D eigenvalue weighted by atomic mass is 10.1. The molecule has 0 unspecified atom stereocenters. The summed E-state index contributed by atoms with van der Waals surface area (Å²) in [6.07, 6.45) is 0.725. The topological polar surface area (TPSA) is 106 Å². The minimum Gasteiger partial charge on any atom is -0.507 e. The van der Waals surface area contributed by atoms with Crippen molar-refractivity contribution in [3.05, 3.63) is 88.5 Å². The summed E-state index contributed by atoms with van der Waals surface area (Å²) in [5.74, 6) is -0.467. The second-order valence-electron chi connectivity index (χ2n) is 9.10. The number of rotatable bonds is 6. The number of aromatic hydroxyl groups is 1. The number of phenolic OH excluding ortho intramolecular Hbond substituents is 1. The van der Waals surface area contributed by atoms with Gasteiger partial charge >= 0.3 is 0 Å². The van der Waals surface area contributed by atoms with Crippen molar-refractivity contribution in [3.8, 4) is 17.6 Å². The van der Waals surface area contributed by atoms with E-state index in [-0.39, 0.29) is 47.1 Å². The maximum atomic E-state index is 13.6. The Kier molecular flexibility index (Phi) is 6.21. The Morgan fingerprint density at radius 2 is 1.97 bits per heavy atom. The second-order valence-corrected chi connectivity index (χ2v) is 9.10. The molecule has 0 saturated carbocycles. The van der Waals surface area contributed by atoms with Crippen LogP contribution in [0.25, 0.3) is 0 Å². The van der Waals surface area contributed by atoms with Gasteiger partial charge in [-0.1, -0.05) is 42.5 Å². The van der Waals surface area contributed by atoms with Crippen LogP contribution in [0.1, 0.15) is 39.0 Å². The Hall–Kier alpha value is -4.51. The minimum atomic E-state index is -0.390. The van der Waals surface area contributed by atoms with Gasteiger partial charge in [-0.2, -0.15) is 5.26 Å². The molecule has 2 aliphatic heterocycles. The van der Waals surface area contributed by atoms with E-state index in [1.165, 1.54) is 12.1 Å². The zero-order chi connectivity index (χ0) is 25.2. The van der Waals surface area contributed by atoms with Gasteiger partial charge in [-0.3, -0.25) is 9.59 Å². The van der Waals surface area contributed by atoms with E-state index in [0.29, 0.717) is 19.6 Å². The molecule has 1 saturated heterocycles. The van der Waals surface area contributed by atoms with E-state index in [1.807, 2.05) is 54.6 Å². The average Bonchev–Trinajstić information content (AvgIpc) is 3.47. The lowest BCUT2D eigenvalue weighted by Crippen LogP contribution is -2.31. The van der Waals surface area contributed by atoms with E-state index in [9.17, 15) is 20.0 Å². The van der Waals surface area contributed by atoms with Crippen LogP contribution >= 0.6 is 0 Å². The molecular formula is C28H26N4O4. The van der Waals surface area contributed by atoms with Gasteiger partial charge in [0.25, 0.3) is 5.91 Å². The number of nitriles is 1. The van der Waals surface area contributed by atoms with Crippen molar-refractivity contribution in [2.45, 2.75) is 32.2 Å². The van der Waals surface area contributed by atoms with Crippen molar-refractivity contribution in [2.24, 2.45) is 0 Å². The van der Waals surface area contributed by atoms with E-state index in [2.05, 4.69) is 5.32 Å². The number of ether oxygens (including phenoxy) is 1. The fraction of sp³-hybridized carbons (Fsp3) is 0.250. The quantitative estimate of drug-likeness (QED) is 0.556. The standard InChI is InChI=1S/C28H26N4O4/c1-31-11-10-23(27(31)34)30-22-9-5-8-20-15-32(16-21(20)22)28(35)26-24(33)12-19(14-29)13-25(26)36-17-18-6-3-2-4-7-18/h2-9,12-13,23,30,33H,10-11,15-17H2,1H3/t23-/m0/s1.